The van der Waals surface area contributed by atoms with Gasteiger partial charge in [-0.15, -0.1) is 0 Å². The molecule has 4 unspecified atom stereocenters. The van der Waals surface area contributed by atoms with E-state index in [4.69, 9.17) is 5.11 Å². The maximum Gasteiger partial charge on any atom is 0.330 e. The van der Waals surface area contributed by atoms with Crippen LogP contribution in [0.1, 0.15) is 106 Å². The number of carbonyl (C=O) groups is 2. The van der Waals surface area contributed by atoms with E-state index in [2.05, 4.69) is 41.2 Å². The average Bonchev–Trinajstić information content (AvgIpc) is 3.03. The summed E-state index contributed by atoms with van der Waals surface area (Å²) < 4.78 is 0. The highest BCUT2D eigenvalue weighted by Gasteiger charge is 2.61. The monoisotopic (exact) mass is 470 g/mol. The van der Waals surface area contributed by atoms with E-state index in [0.717, 1.165) is 38.5 Å². The molecule has 2 N–H and O–H groups in total. The molecule has 4 nitrogen and oxygen atoms in total. The Morgan fingerprint density at radius 1 is 1.09 bits per heavy atom. The number of hydrogen-bond acceptors (Lipinski definition) is 2. The molecule has 0 heterocycles. The van der Waals surface area contributed by atoms with Gasteiger partial charge in [-0.3, -0.25) is 4.79 Å². The lowest BCUT2D eigenvalue weighted by molar-refractivity contribution is -0.137. The smallest absolute Gasteiger partial charge is 0.330 e. The third-order valence-electron chi connectivity index (χ3n) is 10.7. The van der Waals surface area contributed by atoms with Crippen molar-refractivity contribution in [2.75, 3.05) is 0 Å². The minimum atomic E-state index is -0.823. The third-order valence-corrected chi connectivity index (χ3v) is 10.7. The zero-order valence-corrected chi connectivity index (χ0v) is 22.3. The Balaban J connectivity index is 1.91. The second kappa shape index (κ2) is 9.66. The van der Waals surface area contributed by atoms with Gasteiger partial charge in [0.15, 0.2) is 0 Å². The van der Waals surface area contributed by atoms with Gasteiger partial charge in [0, 0.05) is 12.0 Å². The third kappa shape index (κ3) is 4.42. The van der Waals surface area contributed by atoms with Crippen molar-refractivity contribution in [1.82, 2.24) is 0 Å². The zero-order chi connectivity index (χ0) is 25.5. The van der Waals surface area contributed by atoms with Crippen LogP contribution in [0.5, 0.6) is 0 Å². The standard InChI is InChI=1S/C30H46O4/c1-19(2)22-11-12-25-24(28(22,5)16-15-26(31)32)14-18-29(6)23(13-17-30(25,29)7)20(3)9-8-10-21(4)27(33)34/h10,20,22-23H,1,8-9,11-18H2,2-7H3,(H,31,32)(H,33,34)/b21-10-/t20-,22?,23?,28?,29?,30+/m1/s1. The van der Waals surface area contributed by atoms with E-state index in [1.54, 1.807) is 18.1 Å². The van der Waals surface area contributed by atoms with Crippen molar-refractivity contribution in [2.24, 2.45) is 34.0 Å². The summed E-state index contributed by atoms with van der Waals surface area (Å²) in [5, 5.41) is 18.6. The van der Waals surface area contributed by atoms with Gasteiger partial charge in [-0.2, -0.15) is 0 Å². The molecule has 1 saturated carbocycles. The Hall–Kier alpha value is -1.84. The van der Waals surface area contributed by atoms with Gasteiger partial charge in [0.1, 0.15) is 0 Å². The summed E-state index contributed by atoms with van der Waals surface area (Å²) in [5.74, 6) is 0.0180. The summed E-state index contributed by atoms with van der Waals surface area (Å²) in [7, 11) is 0. The lowest BCUT2D eigenvalue weighted by atomic mass is 9.47. The maximum absolute atomic E-state index is 11.5. The van der Waals surface area contributed by atoms with Gasteiger partial charge in [-0.25, -0.2) is 4.79 Å². The molecule has 0 bridgehead atoms. The minimum absolute atomic E-state index is 0.106. The van der Waals surface area contributed by atoms with E-state index >= 15 is 0 Å². The largest absolute Gasteiger partial charge is 0.481 e. The minimum Gasteiger partial charge on any atom is -0.481 e. The normalized spacial score (nSPS) is 36.6. The SMILES string of the molecule is C=C(C)C1CCC2=C(CCC3(C)C([C@H](C)CC/C=C(/C)C(=O)O)CC[C@@]23C)C1(C)CCC(=O)O. The fourth-order valence-electron chi connectivity index (χ4n) is 8.40. The first kappa shape index (κ1) is 26.8. The molecule has 0 radical (unpaired) electrons. The van der Waals surface area contributed by atoms with E-state index in [-0.39, 0.29) is 22.7 Å². The molecule has 190 valence electrons. The Morgan fingerprint density at radius 3 is 2.35 bits per heavy atom. The number of carboxylic acid groups (broad SMARTS) is 2. The first-order valence-corrected chi connectivity index (χ1v) is 13.3. The first-order chi connectivity index (χ1) is 15.8. The Kier molecular flexibility index (Phi) is 7.60. The number of allylic oxidation sites excluding steroid dienone is 4. The van der Waals surface area contributed by atoms with Crippen LogP contribution in [0, 0.1) is 34.0 Å². The molecule has 0 saturated heterocycles. The molecular weight excluding hydrogens is 424 g/mol. The van der Waals surface area contributed by atoms with Crippen molar-refractivity contribution < 1.29 is 19.8 Å². The quantitative estimate of drug-likeness (QED) is 0.266. The van der Waals surface area contributed by atoms with Crippen LogP contribution >= 0.6 is 0 Å². The van der Waals surface area contributed by atoms with Crippen LogP contribution in [0.4, 0.5) is 0 Å². The lowest BCUT2D eigenvalue weighted by Crippen LogP contribution is -2.48. The summed E-state index contributed by atoms with van der Waals surface area (Å²) >= 11 is 0. The van der Waals surface area contributed by atoms with Crippen LogP contribution in [-0.4, -0.2) is 22.2 Å². The second-order valence-electron chi connectivity index (χ2n) is 12.3. The predicted molar refractivity (Wildman–Crippen MR) is 138 cm³/mol. The Bertz CT molecular complexity index is 911. The Labute approximate surface area is 206 Å². The predicted octanol–water partition coefficient (Wildman–Crippen LogP) is 7.80. The molecule has 0 aromatic carbocycles. The van der Waals surface area contributed by atoms with E-state index in [9.17, 15) is 14.7 Å². The van der Waals surface area contributed by atoms with Crippen molar-refractivity contribution in [3.8, 4) is 0 Å². The molecule has 0 spiro atoms. The molecule has 3 aliphatic carbocycles. The van der Waals surface area contributed by atoms with E-state index < -0.39 is 11.9 Å². The summed E-state index contributed by atoms with van der Waals surface area (Å²) in [4.78, 5) is 22.7. The van der Waals surface area contributed by atoms with Crippen molar-refractivity contribution in [3.05, 3.63) is 34.9 Å². The molecule has 1 fully saturated rings. The van der Waals surface area contributed by atoms with Crippen LogP contribution < -0.4 is 0 Å². The fraction of sp³-hybridized carbons (Fsp3) is 0.733. The van der Waals surface area contributed by atoms with Crippen molar-refractivity contribution in [3.63, 3.8) is 0 Å². The van der Waals surface area contributed by atoms with Crippen molar-refractivity contribution in [2.45, 2.75) is 106 Å². The lowest BCUT2D eigenvalue weighted by Gasteiger charge is -2.57. The van der Waals surface area contributed by atoms with Crippen LogP contribution in [0.15, 0.2) is 34.9 Å². The second-order valence-corrected chi connectivity index (χ2v) is 12.3. The van der Waals surface area contributed by atoms with Gasteiger partial charge in [-0.05, 0) is 106 Å². The molecule has 0 amide bonds. The summed E-state index contributed by atoms with van der Waals surface area (Å²) in [6, 6.07) is 0. The zero-order valence-electron chi connectivity index (χ0n) is 22.3. The summed E-state index contributed by atoms with van der Waals surface area (Å²) in [6.45, 7) is 17.8. The molecule has 4 heteroatoms. The fourth-order valence-corrected chi connectivity index (χ4v) is 8.40. The molecule has 6 atom stereocenters. The topological polar surface area (TPSA) is 74.6 Å². The van der Waals surface area contributed by atoms with Gasteiger partial charge >= 0.3 is 11.9 Å². The van der Waals surface area contributed by atoms with Crippen LogP contribution in [-0.2, 0) is 9.59 Å². The van der Waals surface area contributed by atoms with Gasteiger partial charge < -0.3 is 10.2 Å². The molecule has 3 aliphatic rings. The summed E-state index contributed by atoms with van der Waals surface area (Å²) in [5.41, 5.74) is 5.13. The number of carboxylic acids is 2. The number of fused-ring (bicyclic) bond motifs is 2. The molecule has 3 rings (SSSR count). The van der Waals surface area contributed by atoms with Gasteiger partial charge in [0.2, 0.25) is 0 Å². The average molecular weight is 471 g/mol. The number of hydrogen-bond donors (Lipinski definition) is 2. The van der Waals surface area contributed by atoms with Gasteiger partial charge in [-0.1, -0.05) is 57.1 Å². The highest BCUT2D eigenvalue weighted by Crippen LogP contribution is 2.71. The molecule has 0 aliphatic heterocycles. The Morgan fingerprint density at radius 2 is 1.76 bits per heavy atom. The van der Waals surface area contributed by atoms with Gasteiger partial charge in [0.05, 0.1) is 0 Å². The van der Waals surface area contributed by atoms with Crippen molar-refractivity contribution in [1.29, 1.82) is 0 Å². The first-order valence-electron chi connectivity index (χ1n) is 13.3. The maximum atomic E-state index is 11.5. The molecule has 34 heavy (non-hydrogen) atoms. The molecular formula is C30H46O4. The highest BCUT2D eigenvalue weighted by molar-refractivity contribution is 5.85. The van der Waals surface area contributed by atoms with Gasteiger partial charge in [0.25, 0.3) is 0 Å². The molecule has 0 aromatic rings. The number of rotatable bonds is 9. The summed E-state index contributed by atoms with van der Waals surface area (Å²) in [6.07, 6.45) is 11.5. The van der Waals surface area contributed by atoms with Crippen LogP contribution in [0.3, 0.4) is 0 Å². The van der Waals surface area contributed by atoms with Crippen LogP contribution in [0.25, 0.3) is 0 Å². The van der Waals surface area contributed by atoms with E-state index in [1.165, 1.54) is 18.4 Å². The molecule has 0 aromatic heterocycles. The number of aliphatic carboxylic acids is 2. The van der Waals surface area contributed by atoms with E-state index in [0.29, 0.717) is 29.7 Å². The van der Waals surface area contributed by atoms with Crippen LogP contribution in [0.2, 0.25) is 0 Å². The van der Waals surface area contributed by atoms with E-state index in [1.807, 2.05) is 6.08 Å². The highest BCUT2D eigenvalue weighted by atomic mass is 16.4. The van der Waals surface area contributed by atoms with Crippen molar-refractivity contribution >= 4 is 11.9 Å².